The van der Waals surface area contributed by atoms with Crippen LogP contribution in [0.1, 0.15) is 24.4 Å². The maximum absolute atomic E-state index is 13.1. The van der Waals surface area contributed by atoms with Crippen molar-refractivity contribution in [1.82, 2.24) is 4.31 Å². The van der Waals surface area contributed by atoms with Gasteiger partial charge in [0.25, 0.3) is 0 Å². The van der Waals surface area contributed by atoms with E-state index >= 15 is 0 Å². The molecule has 2 aromatic carbocycles. The van der Waals surface area contributed by atoms with E-state index in [-0.39, 0.29) is 6.04 Å². The number of benzene rings is 2. The van der Waals surface area contributed by atoms with Crippen molar-refractivity contribution in [2.24, 2.45) is 0 Å². The number of hydrogen-bond acceptors (Lipinski definition) is 4. The Bertz CT molecular complexity index is 852. The average Bonchev–Trinajstić information content (AvgIpc) is 3.12. The Hall–Kier alpha value is -1.57. The van der Waals surface area contributed by atoms with Crippen LogP contribution in [0.4, 0.5) is 0 Å². The average molecular weight is 426 g/mol. The number of hydrogen-bond donors (Lipinski definition) is 0. The first-order valence-electron chi connectivity index (χ1n) is 7.96. The van der Waals surface area contributed by atoms with E-state index in [9.17, 15) is 8.42 Å². The first kappa shape index (κ1) is 18.2. The van der Waals surface area contributed by atoms with Crippen LogP contribution in [0.15, 0.2) is 51.8 Å². The van der Waals surface area contributed by atoms with Gasteiger partial charge in [-0.2, -0.15) is 4.31 Å². The van der Waals surface area contributed by atoms with Crippen molar-refractivity contribution in [2.75, 3.05) is 20.8 Å². The predicted octanol–water partition coefficient (Wildman–Crippen LogP) is 3.99. The molecule has 0 aromatic heterocycles. The van der Waals surface area contributed by atoms with E-state index < -0.39 is 10.0 Å². The highest BCUT2D eigenvalue weighted by Crippen LogP contribution is 2.41. The van der Waals surface area contributed by atoms with Crippen molar-refractivity contribution in [1.29, 1.82) is 0 Å². The minimum absolute atomic E-state index is 0.241. The molecule has 2 aromatic rings. The lowest BCUT2D eigenvalue weighted by molar-refractivity contribution is 0.361. The lowest BCUT2D eigenvalue weighted by Crippen LogP contribution is -2.30. The fourth-order valence-corrected chi connectivity index (χ4v) is 5.11. The molecule has 7 heteroatoms. The normalized spacial score (nSPS) is 18.3. The summed E-state index contributed by atoms with van der Waals surface area (Å²) >= 11 is 3.34. The Kier molecular flexibility index (Phi) is 5.36. The Labute approximate surface area is 156 Å². The van der Waals surface area contributed by atoms with E-state index in [1.54, 1.807) is 48.9 Å². The van der Waals surface area contributed by atoms with Gasteiger partial charge in [-0.15, -0.1) is 0 Å². The lowest BCUT2D eigenvalue weighted by Gasteiger charge is -2.26. The van der Waals surface area contributed by atoms with E-state index in [1.807, 2.05) is 12.1 Å². The van der Waals surface area contributed by atoms with Gasteiger partial charge in [0.05, 0.1) is 25.2 Å². The van der Waals surface area contributed by atoms with Crippen LogP contribution >= 0.6 is 15.9 Å². The first-order chi connectivity index (χ1) is 12.0. The van der Waals surface area contributed by atoms with Crippen molar-refractivity contribution in [3.63, 3.8) is 0 Å². The lowest BCUT2D eigenvalue weighted by atomic mass is 10.0. The molecule has 0 spiro atoms. The summed E-state index contributed by atoms with van der Waals surface area (Å²) in [4.78, 5) is 0.301. The third-order valence-electron chi connectivity index (χ3n) is 4.42. The van der Waals surface area contributed by atoms with Gasteiger partial charge >= 0.3 is 0 Å². The molecule has 1 heterocycles. The largest absolute Gasteiger partial charge is 0.497 e. The topological polar surface area (TPSA) is 55.8 Å². The Balaban J connectivity index is 1.99. The number of sulfonamides is 1. The molecular weight excluding hydrogens is 406 g/mol. The molecule has 1 fully saturated rings. The second kappa shape index (κ2) is 7.35. The van der Waals surface area contributed by atoms with Crippen LogP contribution in [0, 0.1) is 0 Å². The van der Waals surface area contributed by atoms with E-state index in [0.29, 0.717) is 22.9 Å². The minimum atomic E-state index is -3.57. The maximum Gasteiger partial charge on any atom is 0.243 e. The van der Waals surface area contributed by atoms with Gasteiger partial charge in [-0.25, -0.2) is 8.42 Å². The summed E-state index contributed by atoms with van der Waals surface area (Å²) in [6.07, 6.45) is 1.58. The van der Waals surface area contributed by atoms with Gasteiger partial charge in [0.2, 0.25) is 10.0 Å². The highest BCUT2D eigenvalue weighted by atomic mass is 79.9. The zero-order valence-electron chi connectivity index (χ0n) is 14.1. The Morgan fingerprint density at radius 2 is 1.80 bits per heavy atom. The second-order valence-electron chi connectivity index (χ2n) is 5.84. The van der Waals surface area contributed by atoms with Gasteiger partial charge in [0.1, 0.15) is 11.5 Å². The van der Waals surface area contributed by atoms with E-state index in [1.165, 1.54) is 0 Å². The molecular formula is C18H20BrNO4S. The summed E-state index contributed by atoms with van der Waals surface area (Å²) in [6, 6.07) is 12.0. The first-order valence-corrected chi connectivity index (χ1v) is 10.2. The number of nitrogens with zero attached hydrogens (tertiary/aromatic N) is 1. The molecule has 0 radical (unpaired) electrons. The summed E-state index contributed by atoms with van der Waals surface area (Å²) in [5.41, 5.74) is 0.862. The van der Waals surface area contributed by atoms with Crippen LogP contribution < -0.4 is 9.47 Å². The summed E-state index contributed by atoms with van der Waals surface area (Å²) in [7, 11) is -0.392. The molecule has 1 atom stereocenters. The van der Waals surface area contributed by atoms with E-state index in [2.05, 4.69) is 15.9 Å². The smallest absolute Gasteiger partial charge is 0.243 e. The molecule has 0 N–H and O–H groups in total. The van der Waals surface area contributed by atoms with Crippen molar-refractivity contribution >= 4 is 26.0 Å². The Morgan fingerprint density at radius 1 is 1.08 bits per heavy atom. The van der Waals surface area contributed by atoms with Gasteiger partial charge in [-0.05, 0) is 43.2 Å². The molecule has 1 aliphatic rings. The van der Waals surface area contributed by atoms with Crippen molar-refractivity contribution < 1.29 is 17.9 Å². The molecule has 5 nitrogen and oxygen atoms in total. The van der Waals surface area contributed by atoms with Crippen LogP contribution in [0.3, 0.4) is 0 Å². The van der Waals surface area contributed by atoms with Crippen LogP contribution in [0.25, 0.3) is 0 Å². The highest BCUT2D eigenvalue weighted by molar-refractivity contribution is 9.10. The molecule has 25 heavy (non-hydrogen) atoms. The van der Waals surface area contributed by atoms with E-state index in [4.69, 9.17) is 9.47 Å². The van der Waals surface area contributed by atoms with Crippen molar-refractivity contribution in [3.8, 4) is 11.5 Å². The zero-order valence-corrected chi connectivity index (χ0v) is 16.5. The third kappa shape index (κ3) is 3.54. The van der Waals surface area contributed by atoms with E-state index in [0.717, 1.165) is 22.9 Å². The van der Waals surface area contributed by atoms with Gasteiger partial charge in [0, 0.05) is 22.6 Å². The molecule has 0 aliphatic carbocycles. The molecule has 1 aliphatic heterocycles. The fraction of sp³-hybridized carbons (Fsp3) is 0.333. The van der Waals surface area contributed by atoms with Crippen LogP contribution in [-0.2, 0) is 10.0 Å². The van der Waals surface area contributed by atoms with Crippen molar-refractivity contribution in [3.05, 3.63) is 52.5 Å². The SMILES string of the molecule is COc1ccc(C2CCCN2S(=O)(=O)c2ccc(Br)cc2)c(OC)c1. The zero-order chi connectivity index (χ0) is 18.0. The van der Waals surface area contributed by atoms with Gasteiger partial charge in [-0.3, -0.25) is 0 Å². The summed E-state index contributed by atoms with van der Waals surface area (Å²) < 4.78 is 39.3. The predicted molar refractivity (Wildman–Crippen MR) is 99.6 cm³/mol. The number of methoxy groups -OCH3 is 2. The van der Waals surface area contributed by atoms with Gasteiger partial charge in [-0.1, -0.05) is 22.0 Å². The summed E-state index contributed by atoms with van der Waals surface area (Å²) in [5, 5.41) is 0. The monoisotopic (exact) mass is 425 g/mol. The number of ether oxygens (including phenoxy) is 2. The van der Waals surface area contributed by atoms with Gasteiger partial charge < -0.3 is 9.47 Å². The standard InChI is InChI=1S/C18H20BrNO4S/c1-23-14-7-10-16(18(12-14)24-2)17-4-3-11-20(17)25(21,22)15-8-5-13(19)6-9-15/h5-10,12,17H,3-4,11H2,1-2H3. The molecule has 0 bridgehead atoms. The molecule has 1 saturated heterocycles. The minimum Gasteiger partial charge on any atom is -0.497 e. The Morgan fingerprint density at radius 3 is 2.44 bits per heavy atom. The number of halogens is 1. The van der Waals surface area contributed by atoms with Crippen molar-refractivity contribution in [2.45, 2.75) is 23.8 Å². The molecule has 0 saturated carbocycles. The fourth-order valence-electron chi connectivity index (χ4n) is 3.17. The summed E-state index contributed by atoms with van der Waals surface area (Å²) in [6.45, 7) is 0.498. The molecule has 3 rings (SSSR count). The quantitative estimate of drug-likeness (QED) is 0.726. The third-order valence-corrected chi connectivity index (χ3v) is 6.87. The van der Waals surface area contributed by atoms with Crippen LogP contribution in [-0.4, -0.2) is 33.5 Å². The number of rotatable bonds is 5. The highest BCUT2D eigenvalue weighted by Gasteiger charge is 2.37. The van der Waals surface area contributed by atoms with Gasteiger partial charge in [0.15, 0.2) is 0 Å². The molecule has 0 amide bonds. The molecule has 134 valence electrons. The van der Waals surface area contributed by atoms with Crippen LogP contribution in [0.2, 0.25) is 0 Å². The summed E-state index contributed by atoms with van der Waals surface area (Å²) in [5.74, 6) is 1.32. The second-order valence-corrected chi connectivity index (χ2v) is 8.64. The molecule has 1 unspecified atom stereocenters. The maximum atomic E-state index is 13.1. The van der Waals surface area contributed by atoms with Crippen LogP contribution in [0.5, 0.6) is 11.5 Å².